The van der Waals surface area contributed by atoms with E-state index in [9.17, 15) is 9.59 Å². The Hall–Kier alpha value is -3.10. The van der Waals surface area contributed by atoms with Crippen LogP contribution in [0.1, 0.15) is 92.0 Å². The molecule has 1 aliphatic heterocycles. The van der Waals surface area contributed by atoms with E-state index in [-0.39, 0.29) is 22.8 Å². The largest absolute Gasteiger partial charge is 0.451 e. The molecule has 0 unspecified atom stereocenters. The number of Topliss-reactive ketones (excluding diaryl/α,β-unsaturated/α-hetero) is 1. The molecule has 1 aliphatic carbocycles. The first kappa shape index (κ1) is 26.0. The molecule has 0 saturated heterocycles. The Morgan fingerprint density at radius 2 is 1.83 bits per heavy atom. The highest BCUT2D eigenvalue weighted by atomic mass is 35.5. The van der Waals surface area contributed by atoms with Crippen molar-refractivity contribution in [3.05, 3.63) is 70.4 Å². The zero-order valence-corrected chi connectivity index (χ0v) is 22.0. The van der Waals surface area contributed by atoms with Gasteiger partial charge in [-0.15, -0.1) is 0 Å². The van der Waals surface area contributed by atoms with Crippen LogP contribution in [0.5, 0.6) is 0 Å². The molecule has 188 valence electrons. The van der Waals surface area contributed by atoms with Crippen LogP contribution in [0, 0.1) is 16.7 Å². The van der Waals surface area contributed by atoms with Crippen molar-refractivity contribution in [3.63, 3.8) is 0 Å². The third-order valence-corrected chi connectivity index (χ3v) is 7.61. The van der Waals surface area contributed by atoms with Gasteiger partial charge in [0.1, 0.15) is 5.60 Å². The van der Waals surface area contributed by atoms with Gasteiger partial charge in [-0.3, -0.25) is 4.79 Å². The second-order valence-corrected chi connectivity index (χ2v) is 10.6. The van der Waals surface area contributed by atoms with Gasteiger partial charge in [0, 0.05) is 46.1 Å². The first-order chi connectivity index (χ1) is 17.3. The van der Waals surface area contributed by atoms with Crippen LogP contribution in [0.2, 0.25) is 5.02 Å². The predicted molar refractivity (Wildman–Crippen MR) is 142 cm³/mol. The number of fused-ring (bicyclic) bond motifs is 2. The van der Waals surface area contributed by atoms with Gasteiger partial charge in [-0.25, -0.2) is 4.79 Å². The van der Waals surface area contributed by atoms with Crippen LogP contribution in [0.25, 0.3) is 10.9 Å². The minimum Gasteiger partial charge on any atom is -0.451 e. The van der Waals surface area contributed by atoms with E-state index in [0.29, 0.717) is 11.4 Å². The van der Waals surface area contributed by atoms with E-state index in [1.54, 1.807) is 6.92 Å². The number of aromatic nitrogens is 1. The van der Waals surface area contributed by atoms with Crippen LogP contribution in [0.4, 0.5) is 0 Å². The summed E-state index contributed by atoms with van der Waals surface area (Å²) < 4.78 is 7.75. The fourth-order valence-electron chi connectivity index (χ4n) is 5.42. The van der Waals surface area contributed by atoms with Gasteiger partial charge in [0.15, 0.2) is 5.78 Å². The summed E-state index contributed by atoms with van der Waals surface area (Å²) in [5.74, 6) is -0.0984. The summed E-state index contributed by atoms with van der Waals surface area (Å²) in [5, 5.41) is 10.5. The summed E-state index contributed by atoms with van der Waals surface area (Å²) in [6.45, 7) is 6.62. The number of nitrogens with zero attached hydrogens (tertiary/aromatic N) is 2. The van der Waals surface area contributed by atoms with Crippen molar-refractivity contribution in [3.8, 4) is 6.07 Å². The number of halogens is 1. The number of benzene rings is 2. The Morgan fingerprint density at radius 3 is 2.44 bits per heavy atom. The van der Waals surface area contributed by atoms with Crippen molar-refractivity contribution in [1.82, 2.24) is 4.57 Å². The number of hydrogen-bond donors (Lipinski definition) is 0. The standard InChI is InChI=1S/C16H15ClN2O.C14H18O2/c1-11(20)14-9-19(10-16(4-5-16)6-7-18)15-8-12(17)2-3-13(14)15;1-3-9-14(10-4-2)12-8-6-5-7-11(12)13(15)16-14/h2-3,8-9H,4-6,10H2,1H3;5-8H,3-4,9-10H2,1-2H3. The maximum Gasteiger partial charge on any atom is 0.339 e. The summed E-state index contributed by atoms with van der Waals surface area (Å²) >= 11 is 6.08. The highest BCUT2D eigenvalue weighted by molar-refractivity contribution is 6.31. The second kappa shape index (κ2) is 10.5. The number of ether oxygens (including phenoxy) is 1. The number of esters is 1. The SMILES string of the molecule is CC(=O)c1cn(CC2(CC#N)CC2)c2cc(Cl)ccc12.CCCC1(CCC)OC(=O)c2ccccc21. The molecule has 5 nitrogen and oxygen atoms in total. The van der Waals surface area contributed by atoms with Crippen LogP contribution in [-0.2, 0) is 16.9 Å². The molecule has 0 bridgehead atoms. The molecule has 2 heterocycles. The first-order valence-electron chi connectivity index (χ1n) is 12.8. The highest BCUT2D eigenvalue weighted by Crippen LogP contribution is 2.50. The molecule has 2 aromatic carbocycles. The van der Waals surface area contributed by atoms with E-state index in [1.165, 1.54) is 0 Å². The molecular weight excluding hydrogens is 472 g/mol. The molecule has 6 heteroatoms. The summed E-state index contributed by atoms with van der Waals surface area (Å²) in [5.41, 5.74) is 3.29. The molecule has 1 saturated carbocycles. The van der Waals surface area contributed by atoms with E-state index < -0.39 is 0 Å². The maximum absolute atomic E-state index is 11.8. The molecule has 5 rings (SSSR count). The smallest absolute Gasteiger partial charge is 0.339 e. The molecule has 1 fully saturated rings. The fourth-order valence-corrected chi connectivity index (χ4v) is 5.59. The number of carbonyl (C=O) groups excluding carboxylic acids is 2. The van der Waals surface area contributed by atoms with E-state index in [0.717, 1.165) is 72.7 Å². The number of nitriles is 1. The molecule has 0 spiro atoms. The van der Waals surface area contributed by atoms with E-state index in [4.69, 9.17) is 21.6 Å². The van der Waals surface area contributed by atoms with Crippen molar-refractivity contribution >= 4 is 34.3 Å². The van der Waals surface area contributed by atoms with Crippen LogP contribution >= 0.6 is 11.6 Å². The van der Waals surface area contributed by atoms with Crippen molar-refractivity contribution in [1.29, 1.82) is 5.26 Å². The molecule has 1 aromatic heterocycles. The molecule has 0 radical (unpaired) electrons. The monoisotopic (exact) mass is 504 g/mol. The van der Waals surface area contributed by atoms with E-state index in [2.05, 4.69) is 24.5 Å². The predicted octanol–water partition coefficient (Wildman–Crippen LogP) is 7.84. The van der Waals surface area contributed by atoms with Gasteiger partial charge in [-0.1, -0.05) is 62.6 Å². The van der Waals surface area contributed by atoms with Crippen molar-refractivity contribution in [2.45, 2.75) is 77.9 Å². The lowest BCUT2D eigenvalue weighted by Gasteiger charge is -2.28. The number of ketones is 1. The summed E-state index contributed by atoms with van der Waals surface area (Å²) in [4.78, 5) is 23.6. The summed E-state index contributed by atoms with van der Waals surface area (Å²) in [6, 6.07) is 15.7. The maximum atomic E-state index is 11.8. The van der Waals surface area contributed by atoms with Gasteiger partial charge in [0.25, 0.3) is 0 Å². The van der Waals surface area contributed by atoms with Crippen LogP contribution < -0.4 is 0 Å². The zero-order chi connectivity index (χ0) is 25.9. The Kier molecular flexibility index (Phi) is 7.57. The number of carbonyl (C=O) groups is 2. The topological polar surface area (TPSA) is 72.1 Å². The molecule has 36 heavy (non-hydrogen) atoms. The Bertz CT molecular complexity index is 1320. The van der Waals surface area contributed by atoms with Crippen LogP contribution in [0.15, 0.2) is 48.7 Å². The lowest BCUT2D eigenvalue weighted by Crippen LogP contribution is -2.25. The average Bonchev–Trinajstić information content (AvgIpc) is 3.43. The number of rotatable bonds is 8. The highest BCUT2D eigenvalue weighted by Gasteiger charge is 2.44. The fraction of sp³-hybridized carbons (Fsp3) is 0.433. The number of hydrogen-bond acceptors (Lipinski definition) is 4. The lowest BCUT2D eigenvalue weighted by molar-refractivity contribution is -0.0183. The Labute approximate surface area is 218 Å². The zero-order valence-electron chi connectivity index (χ0n) is 21.3. The normalized spacial score (nSPS) is 16.5. The first-order valence-corrected chi connectivity index (χ1v) is 13.1. The minimum absolute atomic E-state index is 0.0567. The lowest BCUT2D eigenvalue weighted by atomic mass is 9.85. The van der Waals surface area contributed by atoms with Gasteiger partial charge < -0.3 is 9.30 Å². The van der Waals surface area contributed by atoms with Gasteiger partial charge in [-0.05, 0) is 50.8 Å². The molecule has 0 amide bonds. The summed E-state index contributed by atoms with van der Waals surface area (Å²) in [7, 11) is 0. The average molecular weight is 505 g/mol. The molecule has 3 aromatic rings. The minimum atomic E-state index is -0.350. The van der Waals surface area contributed by atoms with Crippen molar-refractivity contribution in [2.75, 3.05) is 0 Å². The second-order valence-electron chi connectivity index (χ2n) is 10.2. The third kappa shape index (κ3) is 5.06. The molecular formula is C30H33ClN2O3. The van der Waals surface area contributed by atoms with Crippen molar-refractivity contribution in [2.24, 2.45) is 5.41 Å². The quantitative estimate of drug-likeness (QED) is 0.231. The van der Waals surface area contributed by atoms with Gasteiger partial charge >= 0.3 is 5.97 Å². The summed E-state index contributed by atoms with van der Waals surface area (Å²) in [6.07, 6.45) is 8.53. The van der Waals surface area contributed by atoms with Gasteiger partial charge in [0.2, 0.25) is 0 Å². The van der Waals surface area contributed by atoms with E-state index >= 15 is 0 Å². The van der Waals surface area contributed by atoms with Crippen LogP contribution in [-0.4, -0.2) is 16.3 Å². The molecule has 0 N–H and O–H groups in total. The molecule has 0 atom stereocenters. The van der Waals surface area contributed by atoms with Gasteiger partial charge in [0.05, 0.1) is 17.1 Å². The van der Waals surface area contributed by atoms with Crippen molar-refractivity contribution < 1.29 is 14.3 Å². The van der Waals surface area contributed by atoms with E-state index in [1.807, 2.05) is 48.7 Å². The number of cyclic esters (lactones) is 1. The Balaban J connectivity index is 0.000000174. The third-order valence-electron chi connectivity index (χ3n) is 7.37. The van der Waals surface area contributed by atoms with Crippen LogP contribution in [0.3, 0.4) is 0 Å². The Morgan fingerprint density at radius 1 is 1.14 bits per heavy atom. The molecule has 2 aliphatic rings. The van der Waals surface area contributed by atoms with Gasteiger partial charge in [-0.2, -0.15) is 5.26 Å².